The lowest BCUT2D eigenvalue weighted by molar-refractivity contribution is 0.469. The summed E-state index contributed by atoms with van der Waals surface area (Å²) in [5.74, 6) is 1.39. The largest absolute Gasteiger partial charge is 0.435 e. The van der Waals surface area contributed by atoms with Gasteiger partial charge in [0.1, 0.15) is 17.5 Å². The van der Waals surface area contributed by atoms with E-state index in [2.05, 4.69) is 40.2 Å². The zero-order chi connectivity index (χ0) is 19.7. The maximum Gasteiger partial charge on any atom is 0.248 e. The van der Waals surface area contributed by atoms with Gasteiger partial charge in [-0.1, -0.05) is 30.3 Å². The number of hydrogen-bond donors (Lipinski definition) is 2. The number of pyridine rings is 1. The molecule has 0 atom stereocenters. The van der Waals surface area contributed by atoms with E-state index >= 15 is 0 Å². The van der Waals surface area contributed by atoms with Crippen LogP contribution in [0.15, 0.2) is 54.9 Å². The van der Waals surface area contributed by atoms with Gasteiger partial charge in [0, 0.05) is 16.8 Å². The molecule has 3 N–H and O–H groups in total. The number of ether oxygens (including phenoxy) is 1. The summed E-state index contributed by atoms with van der Waals surface area (Å²) in [6.45, 7) is 6.06. The minimum absolute atomic E-state index is 0.290. The first-order chi connectivity index (χ1) is 13.5. The lowest BCUT2D eigenvalue weighted by Gasteiger charge is -2.14. The number of anilines is 3. The molecule has 0 saturated heterocycles. The Morgan fingerprint density at radius 3 is 2.61 bits per heavy atom. The quantitative estimate of drug-likeness (QED) is 0.521. The fourth-order valence-electron chi connectivity index (χ4n) is 2.98. The van der Waals surface area contributed by atoms with Gasteiger partial charge in [0.2, 0.25) is 5.88 Å². The van der Waals surface area contributed by atoms with Crippen LogP contribution in [0.3, 0.4) is 0 Å². The minimum atomic E-state index is 0.290. The molecule has 28 heavy (non-hydrogen) atoms. The molecule has 6 heteroatoms. The zero-order valence-corrected chi connectivity index (χ0v) is 16.0. The van der Waals surface area contributed by atoms with Crippen LogP contribution < -0.4 is 15.8 Å². The van der Waals surface area contributed by atoms with Crippen LogP contribution in [0, 0.1) is 20.8 Å². The molecular formula is C22H21N5O. The van der Waals surface area contributed by atoms with E-state index in [1.807, 2.05) is 49.4 Å². The SMILES string of the molecule is Cc1ccc2cccc(Oc3ncnc(Nc4cccc(C)c4C)c3N)c2n1. The van der Waals surface area contributed by atoms with Crippen LogP contribution in [0.4, 0.5) is 17.2 Å². The zero-order valence-electron chi connectivity index (χ0n) is 16.0. The van der Waals surface area contributed by atoms with Crippen LogP contribution in [-0.4, -0.2) is 15.0 Å². The highest BCUT2D eigenvalue weighted by atomic mass is 16.5. The number of hydrogen-bond acceptors (Lipinski definition) is 6. The monoisotopic (exact) mass is 371 g/mol. The predicted molar refractivity (Wildman–Crippen MR) is 112 cm³/mol. The van der Waals surface area contributed by atoms with E-state index in [4.69, 9.17) is 10.5 Å². The average Bonchev–Trinajstić information content (AvgIpc) is 2.69. The molecule has 0 aliphatic carbocycles. The van der Waals surface area contributed by atoms with Crippen molar-refractivity contribution in [1.82, 2.24) is 15.0 Å². The van der Waals surface area contributed by atoms with Gasteiger partial charge in [-0.15, -0.1) is 0 Å². The van der Waals surface area contributed by atoms with E-state index in [1.54, 1.807) is 0 Å². The van der Waals surface area contributed by atoms with Gasteiger partial charge in [-0.05, 0) is 50.1 Å². The molecule has 0 aliphatic rings. The van der Waals surface area contributed by atoms with Crippen molar-refractivity contribution in [3.63, 3.8) is 0 Å². The average molecular weight is 371 g/mol. The number of nitrogen functional groups attached to an aromatic ring is 1. The third kappa shape index (κ3) is 3.32. The molecule has 4 rings (SSSR count). The van der Waals surface area contributed by atoms with Crippen molar-refractivity contribution in [3.05, 3.63) is 71.7 Å². The Hall–Kier alpha value is -3.67. The molecule has 140 valence electrons. The molecule has 0 fully saturated rings. The first-order valence-electron chi connectivity index (χ1n) is 9.01. The number of aromatic nitrogens is 3. The predicted octanol–water partition coefficient (Wildman–Crippen LogP) is 5.07. The van der Waals surface area contributed by atoms with Gasteiger partial charge in [0.25, 0.3) is 0 Å². The van der Waals surface area contributed by atoms with Crippen molar-refractivity contribution in [2.24, 2.45) is 0 Å². The second-order valence-electron chi connectivity index (χ2n) is 6.70. The van der Waals surface area contributed by atoms with Crippen molar-refractivity contribution >= 4 is 28.1 Å². The fourth-order valence-corrected chi connectivity index (χ4v) is 2.98. The fraction of sp³-hybridized carbons (Fsp3) is 0.136. The summed E-state index contributed by atoms with van der Waals surface area (Å²) in [5.41, 5.74) is 11.6. The van der Waals surface area contributed by atoms with Gasteiger partial charge < -0.3 is 15.8 Å². The van der Waals surface area contributed by atoms with Gasteiger partial charge in [-0.25, -0.2) is 9.97 Å². The number of rotatable bonds is 4. The van der Waals surface area contributed by atoms with Crippen LogP contribution in [0.1, 0.15) is 16.8 Å². The Bertz CT molecular complexity index is 1170. The van der Waals surface area contributed by atoms with Gasteiger partial charge >= 0.3 is 0 Å². The lowest BCUT2D eigenvalue weighted by atomic mass is 10.1. The highest BCUT2D eigenvalue weighted by molar-refractivity contribution is 5.85. The third-order valence-electron chi connectivity index (χ3n) is 4.73. The number of para-hydroxylation sites is 1. The maximum atomic E-state index is 6.31. The van der Waals surface area contributed by atoms with Crippen molar-refractivity contribution in [3.8, 4) is 11.6 Å². The summed E-state index contributed by atoms with van der Waals surface area (Å²) in [7, 11) is 0. The lowest BCUT2D eigenvalue weighted by Crippen LogP contribution is -2.04. The van der Waals surface area contributed by atoms with E-state index < -0.39 is 0 Å². The Morgan fingerprint density at radius 2 is 1.75 bits per heavy atom. The molecule has 0 amide bonds. The second kappa shape index (κ2) is 7.15. The normalized spacial score (nSPS) is 10.8. The van der Waals surface area contributed by atoms with Crippen LogP contribution in [-0.2, 0) is 0 Å². The number of nitrogens with two attached hydrogens (primary N) is 1. The van der Waals surface area contributed by atoms with Crippen molar-refractivity contribution in [2.75, 3.05) is 11.1 Å². The van der Waals surface area contributed by atoms with E-state index in [-0.39, 0.29) is 0 Å². The van der Waals surface area contributed by atoms with Crippen molar-refractivity contribution in [2.45, 2.75) is 20.8 Å². The molecule has 2 aromatic carbocycles. The first-order valence-corrected chi connectivity index (χ1v) is 9.01. The Kier molecular flexibility index (Phi) is 4.53. The molecular weight excluding hydrogens is 350 g/mol. The third-order valence-corrected chi connectivity index (χ3v) is 4.73. The highest BCUT2D eigenvalue weighted by Gasteiger charge is 2.14. The minimum Gasteiger partial charge on any atom is -0.435 e. The first kappa shape index (κ1) is 17.7. The Morgan fingerprint density at radius 1 is 0.929 bits per heavy atom. The smallest absolute Gasteiger partial charge is 0.248 e. The van der Waals surface area contributed by atoms with Gasteiger partial charge in [-0.2, -0.15) is 4.98 Å². The van der Waals surface area contributed by atoms with E-state index in [1.165, 1.54) is 11.9 Å². The van der Waals surface area contributed by atoms with E-state index in [0.29, 0.717) is 23.1 Å². The molecule has 0 saturated carbocycles. The number of aryl methyl sites for hydroxylation is 2. The van der Waals surface area contributed by atoms with Crippen molar-refractivity contribution in [1.29, 1.82) is 0 Å². The summed E-state index contributed by atoms with van der Waals surface area (Å²) < 4.78 is 6.03. The number of nitrogens with one attached hydrogen (secondary N) is 1. The summed E-state index contributed by atoms with van der Waals surface area (Å²) in [6, 6.07) is 15.8. The van der Waals surface area contributed by atoms with Gasteiger partial charge in [0.05, 0.1) is 0 Å². The molecule has 2 aromatic heterocycles. The standard InChI is InChI=1S/C22H21N5O/c1-13-6-4-8-17(15(13)3)27-21-19(23)22(25-12-24-21)28-18-9-5-7-16-11-10-14(2)26-20(16)18/h4-12H,23H2,1-3H3,(H,24,25,27). The number of benzene rings is 2. The highest BCUT2D eigenvalue weighted by Crippen LogP contribution is 2.34. The summed E-state index contributed by atoms with van der Waals surface area (Å²) in [4.78, 5) is 13.1. The molecule has 0 radical (unpaired) electrons. The molecule has 0 unspecified atom stereocenters. The van der Waals surface area contributed by atoms with E-state index in [0.717, 1.165) is 27.8 Å². The second-order valence-corrected chi connectivity index (χ2v) is 6.70. The summed E-state index contributed by atoms with van der Waals surface area (Å²) in [6.07, 6.45) is 1.43. The summed E-state index contributed by atoms with van der Waals surface area (Å²) in [5, 5.41) is 4.27. The number of nitrogens with zero attached hydrogens (tertiary/aromatic N) is 3. The Balaban J connectivity index is 1.70. The topological polar surface area (TPSA) is 86.0 Å². The maximum absolute atomic E-state index is 6.31. The molecule has 2 heterocycles. The van der Waals surface area contributed by atoms with E-state index in [9.17, 15) is 0 Å². The molecule has 0 aliphatic heterocycles. The number of fused-ring (bicyclic) bond motifs is 1. The molecule has 4 aromatic rings. The molecule has 6 nitrogen and oxygen atoms in total. The van der Waals surface area contributed by atoms with Crippen LogP contribution in [0.25, 0.3) is 10.9 Å². The Labute approximate surface area is 163 Å². The van der Waals surface area contributed by atoms with Crippen LogP contribution in [0.2, 0.25) is 0 Å². The molecule has 0 spiro atoms. The van der Waals surface area contributed by atoms with Gasteiger partial charge in [0.15, 0.2) is 11.6 Å². The van der Waals surface area contributed by atoms with Crippen molar-refractivity contribution < 1.29 is 4.74 Å². The summed E-state index contributed by atoms with van der Waals surface area (Å²) >= 11 is 0. The van der Waals surface area contributed by atoms with Crippen LogP contribution >= 0.6 is 0 Å². The van der Waals surface area contributed by atoms with Gasteiger partial charge in [-0.3, -0.25) is 0 Å². The van der Waals surface area contributed by atoms with Crippen LogP contribution in [0.5, 0.6) is 11.6 Å². The molecule has 0 bridgehead atoms.